The topological polar surface area (TPSA) is 0 Å². The summed E-state index contributed by atoms with van der Waals surface area (Å²) in [5, 5.41) is 7.86. The van der Waals surface area contributed by atoms with Crippen LogP contribution in [-0.4, -0.2) is 0 Å². The molecular formula is C30H20S2. The Kier molecular flexibility index (Phi) is 5.10. The zero-order valence-corrected chi connectivity index (χ0v) is 19.0. The van der Waals surface area contributed by atoms with Gasteiger partial charge in [-0.05, 0) is 57.9 Å². The minimum absolute atomic E-state index is 1.26. The first kappa shape index (κ1) is 19.5. The van der Waals surface area contributed by atoms with Crippen LogP contribution in [0.2, 0.25) is 0 Å². The fourth-order valence-electron chi connectivity index (χ4n) is 4.31. The summed E-state index contributed by atoms with van der Waals surface area (Å²) in [5.74, 6) is 0. The van der Waals surface area contributed by atoms with Crippen molar-refractivity contribution in [3.05, 3.63) is 121 Å². The number of hydrogen-bond donors (Lipinski definition) is 0. The van der Waals surface area contributed by atoms with E-state index in [4.69, 9.17) is 0 Å². The Morgan fingerprint density at radius 3 is 1.22 bits per heavy atom. The van der Waals surface area contributed by atoms with E-state index in [1.165, 1.54) is 51.9 Å². The molecule has 0 saturated heterocycles. The highest BCUT2D eigenvalue weighted by atomic mass is 32.2. The third-order valence-corrected chi connectivity index (χ3v) is 7.88. The highest BCUT2D eigenvalue weighted by Crippen LogP contribution is 2.42. The van der Waals surface area contributed by atoms with Crippen LogP contribution in [0.15, 0.2) is 141 Å². The molecule has 0 aliphatic rings. The lowest BCUT2D eigenvalue weighted by atomic mass is 9.97. The van der Waals surface area contributed by atoms with Gasteiger partial charge in [-0.2, -0.15) is 0 Å². The second-order valence-electron chi connectivity index (χ2n) is 7.76. The normalized spacial score (nSPS) is 11.4. The van der Waals surface area contributed by atoms with Gasteiger partial charge in [0.15, 0.2) is 0 Å². The van der Waals surface area contributed by atoms with Crippen molar-refractivity contribution >= 4 is 55.8 Å². The molecule has 0 aromatic heterocycles. The molecule has 0 spiro atoms. The molecule has 0 saturated carbocycles. The molecule has 0 radical (unpaired) electrons. The van der Waals surface area contributed by atoms with Crippen molar-refractivity contribution < 1.29 is 0 Å². The maximum absolute atomic E-state index is 2.30. The Hall–Kier alpha value is -3.20. The van der Waals surface area contributed by atoms with Crippen LogP contribution >= 0.6 is 23.5 Å². The van der Waals surface area contributed by atoms with Crippen LogP contribution in [0.3, 0.4) is 0 Å². The van der Waals surface area contributed by atoms with Crippen molar-refractivity contribution in [2.24, 2.45) is 0 Å². The maximum atomic E-state index is 2.30. The summed E-state index contributed by atoms with van der Waals surface area (Å²) >= 11 is 3.68. The molecule has 152 valence electrons. The van der Waals surface area contributed by atoms with E-state index in [1.54, 1.807) is 0 Å². The monoisotopic (exact) mass is 444 g/mol. The van der Waals surface area contributed by atoms with E-state index in [1.807, 2.05) is 23.5 Å². The third-order valence-electron chi connectivity index (χ3n) is 5.75. The van der Waals surface area contributed by atoms with Crippen molar-refractivity contribution in [2.75, 3.05) is 0 Å². The van der Waals surface area contributed by atoms with E-state index in [9.17, 15) is 0 Å². The van der Waals surface area contributed by atoms with Gasteiger partial charge in [0.2, 0.25) is 0 Å². The zero-order chi connectivity index (χ0) is 21.3. The van der Waals surface area contributed by atoms with Gasteiger partial charge in [0, 0.05) is 30.4 Å². The summed E-state index contributed by atoms with van der Waals surface area (Å²) in [6, 6.07) is 43.7. The van der Waals surface area contributed by atoms with Crippen LogP contribution in [-0.2, 0) is 0 Å². The molecule has 6 aromatic carbocycles. The lowest BCUT2D eigenvalue weighted by Crippen LogP contribution is -1.86. The summed E-state index contributed by atoms with van der Waals surface area (Å²) < 4.78 is 0. The van der Waals surface area contributed by atoms with Gasteiger partial charge in [-0.15, -0.1) is 0 Å². The Morgan fingerprint density at radius 2 is 0.781 bits per heavy atom. The molecule has 0 aliphatic heterocycles. The second-order valence-corrected chi connectivity index (χ2v) is 10.00. The van der Waals surface area contributed by atoms with Crippen molar-refractivity contribution in [1.29, 1.82) is 0 Å². The quantitative estimate of drug-likeness (QED) is 0.248. The molecule has 6 rings (SSSR count). The highest BCUT2D eigenvalue weighted by molar-refractivity contribution is 7.99. The van der Waals surface area contributed by atoms with Crippen molar-refractivity contribution in [3.8, 4) is 0 Å². The standard InChI is InChI=1S/C30H20S2/c1-3-11-23(12-4-1)31-27-15-7-9-21-17-20-26-25(29(21)27)19-18-22-10-8-16-28(30(22)26)32-24-13-5-2-6-14-24/h1-20H. The molecule has 0 N–H and O–H groups in total. The fraction of sp³-hybridized carbons (Fsp3) is 0. The number of hydrogen-bond acceptors (Lipinski definition) is 2. The van der Waals surface area contributed by atoms with Crippen molar-refractivity contribution in [2.45, 2.75) is 19.6 Å². The predicted octanol–water partition coefficient (Wildman–Crippen LogP) is 9.45. The van der Waals surface area contributed by atoms with E-state index in [0.717, 1.165) is 0 Å². The Balaban J connectivity index is 1.60. The molecular weight excluding hydrogens is 424 g/mol. The van der Waals surface area contributed by atoms with Gasteiger partial charge in [0.1, 0.15) is 0 Å². The minimum atomic E-state index is 1.26. The molecule has 0 nitrogen and oxygen atoms in total. The molecule has 0 fully saturated rings. The smallest absolute Gasteiger partial charge is 0.0207 e. The molecule has 0 heterocycles. The Bertz CT molecular complexity index is 1430. The fourth-order valence-corrected chi connectivity index (χ4v) is 6.36. The van der Waals surface area contributed by atoms with Gasteiger partial charge >= 0.3 is 0 Å². The SMILES string of the molecule is c1ccc(Sc2cccc3ccc4c(ccc5cccc(Sc6ccccc6)c54)c23)cc1. The van der Waals surface area contributed by atoms with Crippen LogP contribution in [0.4, 0.5) is 0 Å². The summed E-state index contributed by atoms with van der Waals surface area (Å²) in [5.41, 5.74) is 0. The lowest BCUT2D eigenvalue weighted by Gasteiger charge is -2.14. The van der Waals surface area contributed by atoms with E-state index in [0.29, 0.717) is 0 Å². The zero-order valence-electron chi connectivity index (χ0n) is 17.4. The van der Waals surface area contributed by atoms with E-state index in [-0.39, 0.29) is 0 Å². The van der Waals surface area contributed by atoms with Crippen molar-refractivity contribution in [3.63, 3.8) is 0 Å². The molecule has 0 bridgehead atoms. The Labute approximate surface area is 196 Å². The summed E-state index contributed by atoms with van der Waals surface area (Å²) in [6.45, 7) is 0. The first-order chi connectivity index (χ1) is 15.9. The van der Waals surface area contributed by atoms with Crippen LogP contribution in [0, 0.1) is 0 Å². The summed E-state index contributed by atoms with van der Waals surface area (Å²) in [4.78, 5) is 5.12. The lowest BCUT2D eigenvalue weighted by molar-refractivity contribution is 1.44. The van der Waals surface area contributed by atoms with Gasteiger partial charge in [-0.25, -0.2) is 0 Å². The van der Waals surface area contributed by atoms with Gasteiger partial charge in [0.05, 0.1) is 0 Å². The van der Waals surface area contributed by atoms with Gasteiger partial charge in [0.25, 0.3) is 0 Å². The van der Waals surface area contributed by atoms with Gasteiger partial charge < -0.3 is 0 Å². The third kappa shape index (κ3) is 3.56. The molecule has 2 heteroatoms. The highest BCUT2D eigenvalue weighted by Gasteiger charge is 2.12. The van der Waals surface area contributed by atoms with Crippen LogP contribution in [0.25, 0.3) is 32.3 Å². The second kappa shape index (κ2) is 8.38. The van der Waals surface area contributed by atoms with E-state index in [2.05, 4.69) is 121 Å². The van der Waals surface area contributed by atoms with E-state index >= 15 is 0 Å². The number of rotatable bonds is 4. The van der Waals surface area contributed by atoms with E-state index < -0.39 is 0 Å². The van der Waals surface area contributed by atoms with Gasteiger partial charge in [-0.1, -0.05) is 108 Å². The maximum Gasteiger partial charge on any atom is 0.0207 e. The first-order valence-corrected chi connectivity index (χ1v) is 12.3. The van der Waals surface area contributed by atoms with Gasteiger partial charge in [-0.3, -0.25) is 0 Å². The average Bonchev–Trinajstić information content (AvgIpc) is 2.85. The first-order valence-electron chi connectivity index (χ1n) is 10.7. The molecule has 0 unspecified atom stereocenters. The average molecular weight is 445 g/mol. The predicted molar refractivity (Wildman–Crippen MR) is 140 cm³/mol. The molecule has 32 heavy (non-hydrogen) atoms. The van der Waals surface area contributed by atoms with Crippen molar-refractivity contribution in [1.82, 2.24) is 0 Å². The summed E-state index contributed by atoms with van der Waals surface area (Å²) in [7, 11) is 0. The largest absolute Gasteiger partial charge is 0.0894 e. The minimum Gasteiger partial charge on any atom is -0.0894 e. The van der Waals surface area contributed by atoms with Crippen LogP contribution in [0.1, 0.15) is 0 Å². The molecule has 0 aliphatic carbocycles. The number of benzene rings is 6. The summed E-state index contributed by atoms with van der Waals surface area (Å²) in [6.07, 6.45) is 0. The molecule has 0 amide bonds. The Morgan fingerprint density at radius 1 is 0.344 bits per heavy atom. The van der Waals surface area contributed by atoms with Crippen LogP contribution in [0.5, 0.6) is 0 Å². The number of fused-ring (bicyclic) bond motifs is 5. The van der Waals surface area contributed by atoms with Crippen LogP contribution < -0.4 is 0 Å². The molecule has 6 aromatic rings. The molecule has 0 atom stereocenters.